The van der Waals surface area contributed by atoms with Crippen LogP contribution >= 0.6 is 11.8 Å². The van der Waals surface area contributed by atoms with Crippen LogP contribution in [0.4, 0.5) is 0 Å². The number of thioether (sulfide) groups is 1. The van der Waals surface area contributed by atoms with Gasteiger partial charge in [-0.25, -0.2) is 0 Å². The summed E-state index contributed by atoms with van der Waals surface area (Å²) in [6.07, 6.45) is 1.95. The minimum absolute atomic E-state index is 0.351. The Bertz CT molecular complexity index is 67.2. The Hall–Kier alpha value is -0.220. The second-order valence-electron chi connectivity index (χ2n) is 1.28. The summed E-state index contributed by atoms with van der Waals surface area (Å²) in [5.41, 5.74) is 0. The highest BCUT2D eigenvalue weighted by Crippen LogP contribution is 1.90. The third-order valence-corrected chi connectivity index (χ3v) is 1.02. The second-order valence-corrected chi connectivity index (χ2v) is 2.09. The Balaban J connectivity index is 2.66. The normalized spacial score (nSPS) is 9.00. The van der Waals surface area contributed by atoms with Crippen LogP contribution in [0.15, 0.2) is 0 Å². The Kier molecular flexibility index (Phi) is 7.59. The fraction of sp³-hybridized carbons (Fsp3) is 0.800. The van der Waals surface area contributed by atoms with Crippen molar-refractivity contribution in [3.8, 4) is 0 Å². The van der Waals surface area contributed by atoms with Crippen molar-refractivity contribution in [2.24, 2.45) is 0 Å². The van der Waals surface area contributed by atoms with Gasteiger partial charge in [-0.1, -0.05) is 0 Å². The van der Waals surface area contributed by atoms with Crippen LogP contribution in [0, 0.1) is 0 Å². The molecule has 0 unspecified atom stereocenters. The van der Waals surface area contributed by atoms with E-state index >= 15 is 0 Å². The zero-order valence-electron chi connectivity index (χ0n) is 5.33. The Morgan fingerprint density at radius 3 is 2.89 bits per heavy atom. The first-order valence-electron chi connectivity index (χ1n) is 2.53. The molecule has 0 radical (unpaired) electrons. The van der Waals surface area contributed by atoms with Crippen LogP contribution in [-0.4, -0.2) is 31.9 Å². The molecule has 0 amide bonds. The van der Waals surface area contributed by atoms with E-state index in [0.717, 1.165) is 0 Å². The molecule has 3 nitrogen and oxygen atoms in total. The van der Waals surface area contributed by atoms with Crippen molar-refractivity contribution in [3.05, 3.63) is 0 Å². The molecule has 0 bridgehead atoms. The quantitative estimate of drug-likeness (QED) is 0.314. The number of carbonyl (C=O) groups excluding carboxylic acids is 1. The zero-order valence-corrected chi connectivity index (χ0v) is 6.15. The van der Waals surface area contributed by atoms with Crippen LogP contribution in [0.1, 0.15) is 0 Å². The summed E-state index contributed by atoms with van der Waals surface area (Å²) >= 11 is 1.59. The molecule has 4 heteroatoms. The lowest BCUT2D eigenvalue weighted by atomic mass is 10.8. The van der Waals surface area contributed by atoms with Gasteiger partial charge in [0, 0.05) is 0 Å². The van der Waals surface area contributed by atoms with Crippen molar-refractivity contribution in [2.75, 3.05) is 25.4 Å². The lowest BCUT2D eigenvalue weighted by Gasteiger charge is -1.98. The SMILES string of the molecule is CSCOCCOC=O. The number of hydrogen-bond acceptors (Lipinski definition) is 4. The van der Waals surface area contributed by atoms with Gasteiger partial charge in [0.15, 0.2) is 0 Å². The van der Waals surface area contributed by atoms with Gasteiger partial charge in [0.25, 0.3) is 6.47 Å². The lowest BCUT2D eigenvalue weighted by molar-refractivity contribution is -0.129. The van der Waals surface area contributed by atoms with Crippen LogP contribution in [0.2, 0.25) is 0 Å². The fourth-order valence-electron chi connectivity index (χ4n) is 0.297. The summed E-state index contributed by atoms with van der Waals surface area (Å²) in [5, 5.41) is 0. The van der Waals surface area contributed by atoms with E-state index < -0.39 is 0 Å². The van der Waals surface area contributed by atoms with E-state index in [1.165, 1.54) is 0 Å². The predicted molar refractivity (Wildman–Crippen MR) is 36.4 cm³/mol. The average Bonchev–Trinajstić information content (AvgIpc) is 1.89. The van der Waals surface area contributed by atoms with Crippen LogP contribution < -0.4 is 0 Å². The molecule has 0 saturated heterocycles. The Morgan fingerprint density at radius 2 is 2.33 bits per heavy atom. The maximum atomic E-state index is 9.55. The fourth-order valence-corrected chi connectivity index (χ4v) is 0.582. The molecule has 0 spiro atoms. The third kappa shape index (κ3) is 7.78. The molecule has 0 N–H and O–H groups in total. The zero-order chi connectivity index (χ0) is 6.95. The maximum absolute atomic E-state index is 9.55. The minimum Gasteiger partial charge on any atom is -0.465 e. The van der Waals surface area contributed by atoms with Gasteiger partial charge in [-0.05, 0) is 6.26 Å². The summed E-state index contributed by atoms with van der Waals surface area (Å²) in [6, 6.07) is 0. The van der Waals surface area contributed by atoms with E-state index in [0.29, 0.717) is 25.6 Å². The first-order valence-corrected chi connectivity index (χ1v) is 3.93. The van der Waals surface area contributed by atoms with E-state index in [1.54, 1.807) is 11.8 Å². The maximum Gasteiger partial charge on any atom is 0.293 e. The van der Waals surface area contributed by atoms with Crippen molar-refractivity contribution in [2.45, 2.75) is 0 Å². The summed E-state index contributed by atoms with van der Waals surface area (Å²) in [7, 11) is 0. The smallest absolute Gasteiger partial charge is 0.293 e. The molecule has 0 atom stereocenters. The summed E-state index contributed by atoms with van der Waals surface area (Å²) in [4.78, 5) is 9.55. The molecular weight excluding hydrogens is 140 g/mol. The first kappa shape index (κ1) is 8.78. The number of carbonyl (C=O) groups is 1. The first-order chi connectivity index (χ1) is 4.41. The Labute approximate surface area is 58.7 Å². The molecule has 0 aromatic carbocycles. The van der Waals surface area contributed by atoms with Crippen molar-refractivity contribution in [3.63, 3.8) is 0 Å². The molecule has 0 rings (SSSR count). The Morgan fingerprint density at radius 1 is 1.56 bits per heavy atom. The molecular formula is C5H10O3S. The van der Waals surface area contributed by atoms with Crippen LogP contribution in [0.25, 0.3) is 0 Å². The molecule has 0 fully saturated rings. The number of hydrogen-bond donors (Lipinski definition) is 0. The number of rotatable bonds is 6. The van der Waals surface area contributed by atoms with Gasteiger partial charge in [-0.15, -0.1) is 11.8 Å². The summed E-state index contributed by atoms with van der Waals surface area (Å²) in [5.74, 6) is 0.655. The van der Waals surface area contributed by atoms with Gasteiger partial charge >= 0.3 is 0 Å². The third-order valence-electron chi connectivity index (χ3n) is 0.615. The van der Waals surface area contributed by atoms with E-state index in [-0.39, 0.29) is 0 Å². The molecule has 9 heavy (non-hydrogen) atoms. The summed E-state index contributed by atoms with van der Waals surface area (Å²) in [6.45, 7) is 1.26. The van der Waals surface area contributed by atoms with E-state index in [1.807, 2.05) is 6.26 Å². The lowest BCUT2D eigenvalue weighted by Crippen LogP contribution is -2.01. The number of ether oxygens (including phenoxy) is 2. The van der Waals surface area contributed by atoms with Gasteiger partial charge in [-0.2, -0.15) is 0 Å². The van der Waals surface area contributed by atoms with E-state index in [2.05, 4.69) is 4.74 Å². The molecule has 0 aromatic rings. The van der Waals surface area contributed by atoms with Gasteiger partial charge < -0.3 is 9.47 Å². The van der Waals surface area contributed by atoms with Crippen molar-refractivity contribution in [1.82, 2.24) is 0 Å². The van der Waals surface area contributed by atoms with E-state index in [4.69, 9.17) is 4.74 Å². The minimum atomic E-state index is 0.351. The largest absolute Gasteiger partial charge is 0.465 e. The highest BCUT2D eigenvalue weighted by atomic mass is 32.2. The van der Waals surface area contributed by atoms with Gasteiger partial charge in [-0.3, -0.25) is 4.79 Å². The van der Waals surface area contributed by atoms with Crippen LogP contribution in [0.3, 0.4) is 0 Å². The molecule has 0 aliphatic carbocycles. The van der Waals surface area contributed by atoms with Crippen LogP contribution in [0.5, 0.6) is 0 Å². The molecule has 54 valence electrons. The van der Waals surface area contributed by atoms with Gasteiger partial charge in [0.2, 0.25) is 0 Å². The second kappa shape index (κ2) is 7.78. The molecule has 0 saturated carbocycles. The van der Waals surface area contributed by atoms with Crippen molar-refractivity contribution >= 4 is 18.2 Å². The molecule has 0 aliphatic rings. The molecule has 0 aromatic heterocycles. The molecule has 0 aliphatic heterocycles. The predicted octanol–water partition coefficient (Wildman–Crippen LogP) is 0.496. The topological polar surface area (TPSA) is 35.5 Å². The van der Waals surface area contributed by atoms with Crippen molar-refractivity contribution in [1.29, 1.82) is 0 Å². The van der Waals surface area contributed by atoms with Crippen LogP contribution in [-0.2, 0) is 14.3 Å². The van der Waals surface area contributed by atoms with Crippen molar-refractivity contribution < 1.29 is 14.3 Å². The highest BCUT2D eigenvalue weighted by molar-refractivity contribution is 7.98. The summed E-state index contributed by atoms with van der Waals surface area (Å²) < 4.78 is 9.33. The molecule has 0 heterocycles. The van der Waals surface area contributed by atoms with E-state index in [9.17, 15) is 4.79 Å². The van der Waals surface area contributed by atoms with Gasteiger partial charge in [0.1, 0.15) is 6.61 Å². The monoisotopic (exact) mass is 150 g/mol. The highest BCUT2D eigenvalue weighted by Gasteiger charge is 1.84. The van der Waals surface area contributed by atoms with Gasteiger partial charge in [0.05, 0.1) is 12.5 Å². The average molecular weight is 150 g/mol. The standard InChI is InChI=1S/C5H10O3S/c1-9-5-8-3-2-7-4-6/h4H,2-3,5H2,1H3.